The number of ether oxygens (including phenoxy) is 1. The Morgan fingerprint density at radius 2 is 2.08 bits per heavy atom. The molecule has 1 rings (SSSR count). The van der Waals surface area contributed by atoms with E-state index in [1.807, 2.05) is 32.0 Å². The van der Waals surface area contributed by atoms with Gasteiger partial charge in [-0.25, -0.2) is 0 Å². The van der Waals surface area contributed by atoms with Gasteiger partial charge in [-0.2, -0.15) is 0 Å². The first-order chi connectivity index (χ1) is 5.59. The molecule has 0 radical (unpaired) electrons. The topological polar surface area (TPSA) is 9.23 Å². The Kier molecular flexibility index (Phi) is 3.65. The molecule has 0 saturated heterocycles. The van der Waals surface area contributed by atoms with Gasteiger partial charge in [0.2, 0.25) is 0 Å². The minimum Gasteiger partial charge on any atom is -0.490 e. The van der Waals surface area contributed by atoms with Crippen LogP contribution >= 0.6 is 34.2 Å². The van der Waals surface area contributed by atoms with Crippen LogP contribution in [0.25, 0.3) is 0 Å². The van der Waals surface area contributed by atoms with Gasteiger partial charge in [-0.05, 0) is 54.6 Å². The second-order valence-electron chi connectivity index (χ2n) is 2.74. The first-order valence-electron chi connectivity index (χ1n) is 3.71. The molecule has 0 heterocycles. The Balaban J connectivity index is 2.90. The normalized spacial score (nSPS) is 10.4. The van der Waals surface area contributed by atoms with Crippen LogP contribution in [0, 0.1) is 3.57 Å². The van der Waals surface area contributed by atoms with Crippen LogP contribution in [0.5, 0.6) is 5.75 Å². The maximum Gasteiger partial charge on any atom is 0.134 e. The standard InChI is InChI=1S/C9H10ClIO/c1-6(2)12-9-5-7(10)3-4-8(9)11/h3-6H,1-2H3. The largest absolute Gasteiger partial charge is 0.490 e. The Bertz CT molecular complexity index is 273. The van der Waals surface area contributed by atoms with Gasteiger partial charge in [-0.1, -0.05) is 11.6 Å². The van der Waals surface area contributed by atoms with Crippen molar-refractivity contribution in [2.24, 2.45) is 0 Å². The summed E-state index contributed by atoms with van der Waals surface area (Å²) in [5, 5.41) is 0.714. The molecule has 12 heavy (non-hydrogen) atoms. The molecule has 0 atom stereocenters. The zero-order chi connectivity index (χ0) is 9.14. The maximum absolute atomic E-state index is 5.82. The van der Waals surface area contributed by atoms with Crippen LogP contribution in [0.2, 0.25) is 5.02 Å². The first kappa shape index (κ1) is 10.1. The molecule has 0 aromatic heterocycles. The highest BCUT2D eigenvalue weighted by atomic mass is 127. The molecule has 0 N–H and O–H groups in total. The van der Waals surface area contributed by atoms with Crippen molar-refractivity contribution >= 4 is 34.2 Å². The van der Waals surface area contributed by atoms with Gasteiger partial charge in [0.15, 0.2) is 0 Å². The van der Waals surface area contributed by atoms with Gasteiger partial charge in [-0.3, -0.25) is 0 Å². The van der Waals surface area contributed by atoms with Crippen molar-refractivity contribution in [1.29, 1.82) is 0 Å². The zero-order valence-electron chi connectivity index (χ0n) is 6.97. The fourth-order valence-electron chi connectivity index (χ4n) is 0.821. The highest BCUT2D eigenvalue weighted by molar-refractivity contribution is 14.1. The highest BCUT2D eigenvalue weighted by Crippen LogP contribution is 2.25. The van der Waals surface area contributed by atoms with Crippen LogP contribution in [0.4, 0.5) is 0 Å². The van der Waals surface area contributed by atoms with Crippen LogP contribution in [0.15, 0.2) is 18.2 Å². The van der Waals surface area contributed by atoms with Gasteiger partial charge in [0.05, 0.1) is 9.67 Å². The molecule has 0 spiro atoms. The molecule has 0 saturated carbocycles. The van der Waals surface area contributed by atoms with E-state index in [0.717, 1.165) is 9.32 Å². The third-order valence-corrected chi connectivity index (χ3v) is 2.38. The molecule has 0 aliphatic rings. The van der Waals surface area contributed by atoms with E-state index >= 15 is 0 Å². The number of hydrogen-bond acceptors (Lipinski definition) is 1. The Morgan fingerprint density at radius 3 is 2.67 bits per heavy atom. The third kappa shape index (κ3) is 2.83. The van der Waals surface area contributed by atoms with E-state index in [-0.39, 0.29) is 6.10 Å². The molecule has 0 amide bonds. The van der Waals surface area contributed by atoms with Gasteiger partial charge < -0.3 is 4.74 Å². The lowest BCUT2D eigenvalue weighted by molar-refractivity contribution is 0.240. The lowest BCUT2D eigenvalue weighted by atomic mass is 10.3. The van der Waals surface area contributed by atoms with E-state index in [0.29, 0.717) is 5.02 Å². The smallest absolute Gasteiger partial charge is 0.134 e. The fourth-order valence-corrected chi connectivity index (χ4v) is 1.45. The number of rotatable bonds is 2. The number of halogens is 2. The van der Waals surface area contributed by atoms with Crippen molar-refractivity contribution < 1.29 is 4.74 Å². The van der Waals surface area contributed by atoms with Crippen LogP contribution in [-0.2, 0) is 0 Å². The molecule has 0 bridgehead atoms. The van der Waals surface area contributed by atoms with Gasteiger partial charge in [0.25, 0.3) is 0 Å². The zero-order valence-corrected chi connectivity index (χ0v) is 9.89. The monoisotopic (exact) mass is 296 g/mol. The van der Waals surface area contributed by atoms with E-state index in [1.165, 1.54) is 0 Å². The second kappa shape index (κ2) is 4.33. The Morgan fingerprint density at radius 1 is 1.42 bits per heavy atom. The van der Waals surface area contributed by atoms with E-state index in [1.54, 1.807) is 0 Å². The summed E-state index contributed by atoms with van der Waals surface area (Å²) >= 11 is 8.04. The van der Waals surface area contributed by atoms with E-state index in [4.69, 9.17) is 16.3 Å². The molecule has 0 fully saturated rings. The molecule has 66 valence electrons. The summed E-state index contributed by atoms with van der Waals surface area (Å²) in [4.78, 5) is 0. The average Bonchev–Trinajstić information content (AvgIpc) is 1.96. The van der Waals surface area contributed by atoms with E-state index in [2.05, 4.69) is 22.6 Å². The molecular formula is C9H10ClIO. The van der Waals surface area contributed by atoms with Crippen LogP contribution in [-0.4, -0.2) is 6.10 Å². The molecular weight excluding hydrogens is 286 g/mol. The van der Waals surface area contributed by atoms with Crippen molar-refractivity contribution in [1.82, 2.24) is 0 Å². The molecule has 1 aromatic carbocycles. The minimum absolute atomic E-state index is 0.192. The van der Waals surface area contributed by atoms with Crippen molar-refractivity contribution in [3.8, 4) is 5.75 Å². The van der Waals surface area contributed by atoms with Crippen LogP contribution < -0.4 is 4.74 Å². The van der Waals surface area contributed by atoms with Crippen molar-refractivity contribution in [3.63, 3.8) is 0 Å². The maximum atomic E-state index is 5.82. The number of benzene rings is 1. The van der Waals surface area contributed by atoms with Gasteiger partial charge in [0.1, 0.15) is 5.75 Å². The van der Waals surface area contributed by atoms with Crippen molar-refractivity contribution in [2.45, 2.75) is 20.0 Å². The molecule has 0 aliphatic heterocycles. The summed E-state index contributed by atoms with van der Waals surface area (Å²) in [5.74, 6) is 0.859. The first-order valence-corrected chi connectivity index (χ1v) is 5.17. The molecule has 0 aliphatic carbocycles. The van der Waals surface area contributed by atoms with Crippen LogP contribution in [0.1, 0.15) is 13.8 Å². The lowest BCUT2D eigenvalue weighted by Crippen LogP contribution is -2.06. The minimum atomic E-state index is 0.192. The second-order valence-corrected chi connectivity index (χ2v) is 4.34. The third-order valence-electron chi connectivity index (χ3n) is 1.26. The quantitative estimate of drug-likeness (QED) is 0.756. The van der Waals surface area contributed by atoms with Crippen molar-refractivity contribution in [3.05, 3.63) is 26.8 Å². The SMILES string of the molecule is CC(C)Oc1cc(Cl)ccc1I. The lowest BCUT2D eigenvalue weighted by Gasteiger charge is -2.11. The van der Waals surface area contributed by atoms with Crippen LogP contribution in [0.3, 0.4) is 0 Å². The molecule has 1 aromatic rings. The van der Waals surface area contributed by atoms with Crippen molar-refractivity contribution in [2.75, 3.05) is 0 Å². The molecule has 0 unspecified atom stereocenters. The van der Waals surface area contributed by atoms with E-state index in [9.17, 15) is 0 Å². The predicted molar refractivity (Wildman–Crippen MR) is 59.9 cm³/mol. The summed E-state index contributed by atoms with van der Waals surface area (Å²) in [5.41, 5.74) is 0. The average molecular weight is 297 g/mol. The molecule has 3 heteroatoms. The predicted octanol–water partition coefficient (Wildman–Crippen LogP) is 3.73. The van der Waals surface area contributed by atoms with E-state index < -0.39 is 0 Å². The Hall–Kier alpha value is 0.0400. The Labute approximate surface area is 91.2 Å². The van der Waals surface area contributed by atoms with Gasteiger partial charge in [0, 0.05) is 5.02 Å². The summed E-state index contributed by atoms with van der Waals surface area (Å²) in [6.07, 6.45) is 0.192. The fraction of sp³-hybridized carbons (Fsp3) is 0.333. The van der Waals surface area contributed by atoms with Gasteiger partial charge in [-0.15, -0.1) is 0 Å². The molecule has 1 nitrogen and oxygen atoms in total. The van der Waals surface area contributed by atoms with Gasteiger partial charge >= 0.3 is 0 Å². The highest BCUT2D eigenvalue weighted by Gasteiger charge is 2.03. The summed E-state index contributed by atoms with van der Waals surface area (Å²) in [6.45, 7) is 3.99. The summed E-state index contributed by atoms with van der Waals surface area (Å²) in [7, 11) is 0. The summed E-state index contributed by atoms with van der Waals surface area (Å²) < 4.78 is 6.62. The summed E-state index contributed by atoms with van der Waals surface area (Å²) in [6, 6.07) is 5.64. The number of hydrogen-bond donors (Lipinski definition) is 0.